The van der Waals surface area contributed by atoms with E-state index in [-0.39, 0.29) is 0 Å². The van der Waals surface area contributed by atoms with Crippen molar-refractivity contribution in [3.05, 3.63) is 35.6 Å². The third-order valence-corrected chi connectivity index (χ3v) is 1.76. The molecule has 1 atom stereocenters. The molecule has 0 amide bonds. The fourth-order valence-corrected chi connectivity index (χ4v) is 0.957. The van der Waals surface area contributed by atoms with Crippen molar-refractivity contribution in [1.82, 2.24) is 0 Å². The summed E-state index contributed by atoms with van der Waals surface area (Å²) in [5.74, 6) is -4.54. The fraction of sp³-hybridized carbons (Fsp3) is 0.333. The minimum absolute atomic E-state index is 0.773. The van der Waals surface area contributed by atoms with E-state index >= 15 is 0 Å². The van der Waals surface area contributed by atoms with Gasteiger partial charge in [-0.25, -0.2) is 4.39 Å². The first-order valence-corrected chi connectivity index (χ1v) is 3.77. The summed E-state index contributed by atoms with van der Waals surface area (Å²) in [7, 11) is 0. The Morgan fingerprint density at radius 1 is 1.31 bits per heavy atom. The summed E-state index contributed by atoms with van der Waals surface area (Å²) < 4.78 is 39.0. The Labute approximate surface area is 73.8 Å². The minimum atomic E-state index is -3.54. The van der Waals surface area contributed by atoms with E-state index in [0.29, 0.717) is 0 Å². The Morgan fingerprint density at radius 2 is 1.85 bits per heavy atom. The van der Waals surface area contributed by atoms with E-state index in [1.807, 2.05) is 0 Å². The second-order valence-corrected chi connectivity index (χ2v) is 2.78. The molecule has 0 bridgehead atoms. The molecular weight excluding hydrogens is 181 g/mol. The van der Waals surface area contributed by atoms with Crippen molar-refractivity contribution in [1.29, 1.82) is 0 Å². The smallest absolute Gasteiger partial charge is 0.301 e. The highest BCUT2D eigenvalue weighted by Gasteiger charge is 2.39. The zero-order valence-corrected chi connectivity index (χ0v) is 6.97. The zero-order chi connectivity index (χ0) is 10.1. The molecule has 1 aromatic rings. The van der Waals surface area contributed by atoms with Crippen molar-refractivity contribution in [2.24, 2.45) is 0 Å². The maximum atomic E-state index is 13.0. The van der Waals surface area contributed by atoms with E-state index in [2.05, 4.69) is 0 Å². The number of hydrogen-bond acceptors (Lipinski definition) is 1. The van der Waals surface area contributed by atoms with Gasteiger partial charge in [-0.2, -0.15) is 8.78 Å². The van der Waals surface area contributed by atoms with E-state index in [1.54, 1.807) is 0 Å². The Hall–Kier alpha value is -1.03. The zero-order valence-electron chi connectivity index (χ0n) is 6.97. The van der Waals surface area contributed by atoms with Crippen LogP contribution in [0.5, 0.6) is 0 Å². The molecule has 0 fully saturated rings. The van der Waals surface area contributed by atoms with Gasteiger partial charge in [0.1, 0.15) is 11.9 Å². The number of aliphatic hydroxyl groups is 1. The lowest BCUT2D eigenvalue weighted by Gasteiger charge is -2.19. The van der Waals surface area contributed by atoms with Gasteiger partial charge in [0.2, 0.25) is 0 Å². The van der Waals surface area contributed by atoms with Gasteiger partial charge in [0.15, 0.2) is 0 Å². The van der Waals surface area contributed by atoms with E-state index in [1.165, 1.54) is 12.1 Å². The van der Waals surface area contributed by atoms with Gasteiger partial charge in [-0.05, 0) is 19.1 Å². The molecule has 0 saturated heterocycles. The second kappa shape index (κ2) is 3.38. The molecule has 0 aliphatic rings. The van der Waals surface area contributed by atoms with Crippen molar-refractivity contribution < 1.29 is 18.3 Å². The highest BCUT2D eigenvalue weighted by atomic mass is 19.3. The number of rotatable bonds is 2. The SMILES string of the molecule is C[C@H](O)C(F)(F)c1ccccc1F. The average Bonchev–Trinajstić information content (AvgIpc) is 2.04. The van der Waals surface area contributed by atoms with Crippen LogP contribution < -0.4 is 0 Å². The van der Waals surface area contributed by atoms with Gasteiger partial charge in [-0.15, -0.1) is 0 Å². The van der Waals surface area contributed by atoms with Gasteiger partial charge in [-0.1, -0.05) is 12.1 Å². The van der Waals surface area contributed by atoms with Crippen LogP contribution >= 0.6 is 0 Å². The van der Waals surface area contributed by atoms with Gasteiger partial charge in [0.05, 0.1) is 5.56 Å². The first kappa shape index (κ1) is 10.1. The molecule has 4 heteroatoms. The van der Waals surface area contributed by atoms with Crippen LogP contribution in [0.4, 0.5) is 13.2 Å². The van der Waals surface area contributed by atoms with Crippen LogP contribution in [0.2, 0.25) is 0 Å². The number of halogens is 3. The molecule has 0 aliphatic heterocycles. The largest absolute Gasteiger partial charge is 0.387 e. The van der Waals surface area contributed by atoms with Gasteiger partial charge >= 0.3 is 5.92 Å². The van der Waals surface area contributed by atoms with Gasteiger partial charge in [0.25, 0.3) is 0 Å². The Kier molecular flexibility index (Phi) is 2.61. The number of alkyl halides is 2. The van der Waals surface area contributed by atoms with Crippen molar-refractivity contribution in [2.45, 2.75) is 19.0 Å². The van der Waals surface area contributed by atoms with Gasteiger partial charge in [-0.3, -0.25) is 0 Å². The van der Waals surface area contributed by atoms with Crippen molar-refractivity contribution in [2.75, 3.05) is 0 Å². The molecule has 1 nitrogen and oxygen atoms in total. The molecule has 1 rings (SSSR count). The van der Waals surface area contributed by atoms with E-state index in [9.17, 15) is 13.2 Å². The third-order valence-electron chi connectivity index (χ3n) is 1.76. The molecule has 0 spiro atoms. The van der Waals surface area contributed by atoms with Crippen molar-refractivity contribution in [3.63, 3.8) is 0 Å². The number of aliphatic hydroxyl groups excluding tert-OH is 1. The molecule has 0 aromatic heterocycles. The molecular formula is C9H9F3O. The van der Waals surface area contributed by atoms with Crippen molar-refractivity contribution in [3.8, 4) is 0 Å². The molecule has 1 N–H and O–H groups in total. The molecule has 13 heavy (non-hydrogen) atoms. The fourth-order valence-electron chi connectivity index (χ4n) is 0.957. The summed E-state index contributed by atoms with van der Waals surface area (Å²) in [6, 6.07) is 4.51. The maximum Gasteiger partial charge on any atom is 0.301 e. The number of hydrogen-bond donors (Lipinski definition) is 1. The molecule has 0 aliphatic carbocycles. The summed E-state index contributed by atoms with van der Waals surface area (Å²) in [6.07, 6.45) is -1.90. The lowest BCUT2D eigenvalue weighted by Crippen LogP contribution is -2.29. The van der Waals surface area contributed by atoms with E-state index in [4.69, 9.17) is 5.11 Å². The Bertz CT molecular complexity index is 297. The predicted octanol–water partition coefficient (Wildman–Crippen LogP) is 2.30. The Balaban J connectivity index is 3.14. The second-order valence-electron chi connectivity index (χ2n) is 2.78. The molecule has 0 unspecified atom stereocenters. The summed E-state index contributed by atoms with van der Waals surface area (Å²) in [5, 5.41) is 8.74. The minimum Gasteiger partial charge on any atom is -0.387 e. The van der Waals surface area contributed by atoms with Crippen LogP contribution in [0.1, 0.15) is 12.5 Å². The van der Waals surface area contributed by atoms with Crippen LogP contribution in [0, 0.1) is 5.82 Å². The highest BCUT2D eigenvalue weighted by Crippen LogP contribution is 2.32. The number of benzene rings is 1. The molecule has 0 radical (unpaired) electrons. The quantitative estimate of drug-likeness (QED) is 0.758. The van der Waals surface area contributed by atoms with Crippen LogP contribution in [0.25, 0.3) is 0 Å². The summed E-state index contributed by atoms with van der Waals surface area (Å²) >= 11 is 0. The van der Waals surface area contributed by atoms with Crippen molar-refractivity contribution >= 4 is 0 Å². The molecule has 1 aromatic carbocycles. The van der Waals surface area contributed by atoms with Gasteiger partial charge in [0, 0.05) is 0 Å². The van der Waals surface area contributed by atoms with E-state index in [0.717, 1.165) is 19.1 Å². The predicted molar refractivity (Wildman–Crippen MR) is 42.0 cm³/mol. The summed E-state index contributed by atoms with van der Waals surface area (Å²) in [6.45, 7) is 0.923. The first-order valence-electron chi connectivity index (χ1n) is 3.77. The van der Waals surface area contributed by atoms with Crippen LogP contribution in [0.15, 0.2) is 24.3 Å². The monoisotopic (exact) mass is 190 g/mol. The molecule has 0 heterocycles. The lowest BCUT2D eigenvalue weighted by atomic mass is 10.0. The van der Waals surface area contributed by atoms with Gasteiger partial charge < -0.3 is 5.11 Å². The Morgan fingerprint density at radius 3 is 2.31 bits per heavy atom. The van der Waals surface area contributed by atoms with Crippen LogP contribution in [-0.2, 0) is 5.92 Å². The molecule has 0 saturated carbocycles. The average molecular weight is 190 g/mol. The first-order chi connectivity index (χ1) is 5.96. The highest BCUT2D eigenvalue weighted by molar-refractivity contribution is 5.23. The van der Waals surface area contributed by atoms with Crippen LogP contribution in [0.3, 0.4) is 0 Å². The molecule has 72 valence electrons. The van der Waals surface area contributed by atoms with Crippen LogP contribution in [-0.4, -0.2) is 11.2 Å². The summed E-state index contributed by atoms with van der Waals surface area (Å²) in [5.41, 5.74) is -0.773. The van der Waals surface area contributed by atoms with E-state index < -0.39 is 23.4 Å². The standard InChI is InChI=1S/C9H9F3O/c1-6(13)9(11,12)7-4-2-3-5-8(7)10/h2-6,13H,1H3/t6-/m0/s1. The summed E-state index contributed by atoms with van der Waals surface area (Å²) in [4.78, 5) is 0. The maximum absolute atomic E-state index is 13.0. The lowest BCUT2D eigenvalue weighted by molar-refractivity contribution is -0.108. The topological polar surface area (TPSA) is 20.2 Å². The third kappa shape index (κ3) is 1.83. The normalized spacial score (nSPS) is 14.2.